The highest BCUT2D eigenvalue weighted by molar-refractivity contribution is 8.00. The minimum atomic E-state index is -0.386. The molecule has 3 rings (SSSR count). The van der Waals surface area contributed by atoms with Gasteiger partial charge in [0, 0.05) is 17.9 Å². The number of anilines is 2. The summed E-state index contributed by atoms with van der Waals surface area (Å²) in [5, 5.41) is 2.82. The van der Waals surface area contributed by atoms with E-state index in [4.69, 9.17) is 4.74 Å². The lowest BCUT2D eigenvalue weighted by molar-refractivity contribution is -0.116. The summed E-state index contributed by atoms with van der Waals surface area (Å²) in [7, 11) is 1.34. The van der Waals surface area contributed by atoms with Crippen molar-refractivity contribution in [3.05, 3.63) is 59.2 Å². The zero-order chi connectivity index (χ0) is 20.1. The maximum absolute atomic E-state index is 12.5. The van der Waals surface area contributed by atoms with E-state index in [1.807, 2.05) is 31.2 Å². The van der Waals surface area contributed by atoms with Crippen LogP contribution in [0.25, 0.3) is 0 Å². The van der Waals surface area contributed by atoms with Crippen molar-refractivity contribution in [2.45, 2.75) is 13.3 Å². The Kier molecular flexibility index (Phi) is 6.36. The molecule has 2 aromatic rings. The molecule has 2 amide bonds. The van der Waals surface area contributed by atoms with Gasteiger partial charge in [0.2, 0.25) is 11.8 Å². The molecule has 146 valence electrons. The standard InChI is InChI=1S/C21H22N2O4S/c1-14-3-6-17(7-4-14)22-19(24)12-28-13-20(25)23-10-9-15-11-16(21(26)27-2)5-8-18(15)23/h3-8,11H,9-10,12-13H2,1-2H3,(H,22,24). The van der Waals surface area contributed by atoms with E-state index in [0.717, 1.165) is 22.5 Å². The van der Waals surface area contributed by atoms with Crippen LogP contribution in [0.4, 0.5) is 11.4 Å². The van der Waals surface area contributed by atoms with Gasteiger partial charge in [0.05, 0.1) is 24.2 Å². The van der Waals surface area contributed by atoms with Crippen LogP contribution in [-0.4, -0.2) is 42.9 Å². The number of amides is 2. The Morgan fingerprint density at radius 1 is 1.11 bits per heavy atom. The molecule has 0 saturated heterocycles. The first-order valence-corrected chi connectivity index (χ1v) is 10.1. The first kappa shape index (κ1) is 19.9. The number of ether oxygens (including phenoxy) is 1. The zero-order valence-electron chi connectivity index (χ0n) is 15.9. The van der Waals surface area contributed by atoms with Crippen molar-refractivity contribution in [1.82, 2.24) is 0 Å². The number of carbonyl (C=O) groups is 3. The fraction of sp³-hybridized carbons (Fsp3) is 0.286. The second kappa shape index (κ2) is 8.93. The number of hydrogen-bond acceptors (Lipinski definition) is 5. The minimum absolute atomic E-state index is 0.0438. The monoisotopic (exact) mass is 398 g/mol. The Morgan fingerprint density at radius 3 is 2.57 bits per heavy atom. The van der Waals surface area contributed by atoms with Crippen LogP contribution in [-0.2, 0) is 20.7 Å². The van der Waals surface area contributed by atoms with E-state index in [0.29, 0.717) is 18.5 Å². The van der Waals surface area contributed by atoms with E-state index in [1.54, 1.807) is 23.1 Å². The summed E-state index contributed by atoms with van der Waals surface area (Å²) in [6.07, 6.45) is 0.699. The lowest BCUT2D eigenvalue weighted by Crippen LogP contribution is -2.31. The molecule has 7 heteroatoms. The number of rotatable bonds is 6. The normalized spacial score (nSPS) is 12.4. The Hall–Kier alpha value is -2.80. The highest BCUT2D eigenvalue weighted by Gasteiger charge is 2.25. The number of nitrogens with zero attached hydrogens (tertiary/aromatic N) is 1. The van der Waals surface area contributed by atoms with Crippen molar-refractivity contribution in [3.8, 4) is 0 Å². The van der Waals surface area contributed by atoms with Crippen LogP contribution in [0, 0.1) is 6.92 Å². The van der Waals surface area contributed by atoms with Gasteiger partial charge in [0.1, 0.15) is 0 Å². The van der Waals surface area contributed by atoms with Gasteiger partial charge in [0.25, 0.3) is 0 Å². The van der Waals surface area contributed by atoms with Crippen LogP contribution in [0.1, 0.15) is 21.5 Å². The van der Waals surface area contributed by atoms with Crippen LogP contribution in [0.5, 0.6) is 0 Å². The number of hydrogen-bond donors (Lipinski definition) is 1. The van der Waals surface area contributed by atoms with Crippen molar-refractivity contribution < 1.29 is 19.1 Å². The van der Waals surface area contributed by atoms with Crippen LogP contribution < -0.4 is 10.2 Å². The molecule has 0 spiro atoms. The maximum atomic E-state index is 12.5. The molecule has 0 radical (unpaired) electrons. The Morgan fingerprint density at radius 2 is 1.86 bits per heavy atom. The Balaban J connectivity index is 1.50. The number of thioether (sulfide) groups is 1. The SMILES string of the molecule is COC(=O)c1ccc2c(c1)CCN2C(=O)CSCC(=O)Nc1ccc(C)cc1. The lowest BCUT2D eigenvalue weighted by Gasteiger charge is -2.17. The van der Waals surface area contributed by atoms with Crippen molar-refractivity contribution >= 4 is 40.9 Å². The fourth-order valence-corrected chi connectivity index (χ4v) is 3.74. The molecular formula is C21H22N2O4S. The molecule has 1 aliphatic heterocycles. The summed E-state index contributed by atoms with van der Waals surface area (Å²) in [6, 6.07) is 12.8. The third-order valence-electron chi connectivity index (χ3n) is 4.49. The van der Waals surface area contributed by atoms with Crippen molar-refractivity contribution in [2.24, 2.45) is 0 Å². The molecule has 0 fully saturated rings. The molecule has 0 bridgehead atoms. The number of benzene rings is 2. The number of nitrogens with one attached hydrogen (secondary N) is 1. The van der Waals surface area contributed by atoms with E-state index < -0.39 is 0 Å². The van der Waals surface area contributed by atoms with E-state index in [2.05, 4.69) is 5.32 Å². The highest BCUT2D eigenvalue weighted by Crippen LogP contribution is 2.29. The molecule has 0 atom stereocenters. The van der Waals surface area contributed by atoms with Gasteiger partial charge in [-0.25, -0.2) is 4.79 Å². The van der Waals surface area contributed by atoms with Crippen molar-refractivity contribution in [3.63, 3.8) is 0 Å². The summed E-state index contributed by atoms with van der Waals surface area (Å²) in [6.45, 7) is 2.56. The second-order valence-corrected chi connectivity index (χ2v) is 7.52. The predicted molar refractivity (Wildman–Crippen MR) is 111 cm³/mol. The van der Waals surface area contributed by atoms with Crippen molar-refractivity contribution in [1.29, 1.82) is 0 Å². The Labute approximate surface area is 168 Å². The van der Waals surface area contributed by atoms with E-state index >= 15 is 0 Å². The third-order valence-corrected chi connectivity index (χ3v) is 5.41. The van der Waals surface area contributed by atoms with Gasteiger partial charge in [-0.1, -0.05) is 17.7 Å². The summed E-state index contributed by atoms with van der Waals surface area (Å²) in [5.41, 5.74) is 4.14. The molecule has 1 heterocycles. The number of esters is 1. The summed E-state index contributed by atoms with van der Waals surface area (Å²) in [5.74, 6) is -0.132. The van der Waals surface area contributed by atoms with E-state index in [9.17, 15) is 14.4 Å². The summed E-state index contributed by atoms with van der Waals surface area (Å²) in [4.78, 5) is 37.9. The van der Waals surface area contributed by atoms with Gasteiger partial charge in [-0.15, -0.1) is 11.8 Å². The first-order valence-electron chi connectivity index (χ1n) is 8.94. The average Bonchev–Trinajstić information content (AvgIpc) is 3.12. The van der Waals surface area contributed by atoms with E-state index in [-0.39, 0.29) is 29.3 Å². The molecule has 0 aromatic heterocycles. The zero-order valence-corrected chi connectivity index (χ0v) is 16.7. The van der Waals surface area contributed by atoms with Crippen molar-refractivity contribution in [2.75, 3.05) is 35.4 Å². The van der Waals surface area contributed by atoms with Crippen LogP contribution >= 0.6 is 11.8 Å². The van der Waals surface area contributed by atoms with Gasteiger partial charge in [-0.05, 0) is 49.2 Å². The smallest absolute Gasteiger partial charge is 0.337 e. The number of aryl methyl sites for hydroxylation is 1. The molecular weight excluding hydrogens is 376 g/mol. The van der Waals surface area contributed by atoms with Gasteiger partial charge in [-0.3, -0.25) is 9.59 Å². The van der Waals surface area contributed by atoms with Gasteiger partial charge >= 0.3 is 5.97 Å². The molecule has 1 N–H and O–H groups in total. The lowest BCUT2D eigenvalue weighted by atomic mass is 10.1. The molecule has 28 heavy (non-hydrogen) atoms. The molecule has 0 aliphatic carbocycles. The maximum Gasteiger partial charge on any atom is 0.337 e. The highest BCUT2D eigenvalue weighted by atomic mass is 32.2. The summed E-state index contributed by atoms with van der Waals surface area (Å²) < 4.78 is 4.73. The number of carbonyl (C=O) groups excluding carboxylic acids is 3. The largest absolute Gasteiger partial charge is 0.465 e. The predicted octanol–water partition coefficient (Wildman–Crippen LogP) is 3.04. The average molecular weight is 398 g/mol. The first-order chi connectivity index (χ1) is 13.5. The molecule has 6 nitrogen and oxygen atoms in total. The molecule has 2 aromatic carbocycles. The third kappa shape index (κ3) is 4.72. The number of methoxy groups -OCH3 is 1. The second-order valence-electron chi connectivity index (χ2n) is 6.54. The van der Waals surface area contributed by atoms with Gasteiger partial charge in [-0.2, -0.15) is 0 Å². The summed E-state index contributed by atoms with van der Waals surface area (Å²) >= 11 is 1.29. The van der Waals surface area contributed by atoms with Gasteiger partial charge < -0.3 is 15.0 Å². The Bertz CT molecular complexity index is 896. The number of fused-ring (bicyclic) bond motifs is 1. The minimum Gasteiger partial charge on any atom is -0.465 e. The van der Waals surface area contributed by atoms with Crippen LogP contribution in [0.15, 0.2) is 42.5 Å². The fourth-order valence-electron chi connectivity index (χ4n) is 3.05. The van der Waals surface area contributed by atoms with Crippen LogP contribution in [0.2, 0.25) is 0 Å². The van der Waals surface area contributed by atoms with E-state index in [1.165, 1.54) is 18.9 Å². The van der Waals surface area contributed by atoms with Gasteiger partial charge in [0.15, 0.2) is 0 Å². The quantitative estimate of drug-likeness (QED) is 0.757. The molecule has 0 saturated carbocycles. The van der Waals surface area contributed by atoms with Crippen LogP contribution in [0.3, 0.4) is 0 Å². The molecule has 0 unspecified atom stereocenters. The topological polar surface area (TPSA) is 75.7 Å². The molecule has 1 aliphatic rings.